The third-order valence-corrected chi connectivity index (χ3v) is 5.02. The number of likely N-dealkylation sites (tertiary alicyclic amines) is 1. The summed E-state index contributed by atoms with van der Waals surface area (Å²) < 4.78 is 18.8. The predicted octanol–water partition coefficient (Wildman–Crippen LogP) is 3.32. The van der Waals surface area contributed by atoms with E-state index in [0.29, 0.717) is 30.4 Å². The number of carbonyl (C=O) groups excluding carboxylic acids is 1. The zero-order valence-corrected chi connectivity index (χ0v) is 15.6. The number of halogens is 1. The maximum absolute atomic E-state index is 13.9. The van der Waals surface area contributed by atoms with E-state index in [1.54, 1.807) is 11.0 Å². The molecule has 1 fully saturated rings. The molecule has 0 saturated carbocycles. The van der Waals surface area contributed by atoms with E-state index in [2.05, 4.69) is 15.2 Å². The Labute approximate surface area is 162 Å². The fourth-order valence-corrected chi connectivity index (χ4v) is 3.54. The number of H-pyrrole nitrogens is 1. The van der Waals surface area contributed by atoms with Gasteiger partial charge in [-0.2, -0.15) is 5.10 Å². The molecule has 0 spiro atoms. The Bertz CT molecular complexity index is 974. The van der Waals surface area contributed by atoms with Crippen molar-refractivity contribution in [1.82, 2.24) is 20.1 Å². The lowest BCUT2D eigenvalue weighted by molar-refractivity contribution is 0.0786. The van der Waals surface area contributed by atoms with Crippen LogP contribution < -0.4 is 4.74 Å². The number of nitrogens with zero attached hydrogens (tertiary/aromatic N) is 3. The number of hydrogen-bond donors (Lipinski definition) is 1. The van der Waals surface area contributed by atoms with Crippen LogP contribution in [0.15, 0.2) is 48.5 Å². The molecule has 3 aromatic rings. The van der Waals surface area contributed by atoms with Crippen LogP contribution in [0.25, 0.3) is 11.4 Å². The molecule has 1 atom stereocenters. The van der Waals surface area contributed by atoms with Crippen LogP contribution in [-0.4, -0.2) is 46.2 Å². The summed E-state index contributed by atoms with van der Waals surface area (Å²) in [7, 11) is 1.40. The summed E-state index contributed by atoms with van der Waals surface area (Å²) in [4.78, 5) is 19.0. The summed E-state index contributed by atoms with van der Waals surface area (Å²) in [6.07, 6.45) is 1.60. The van der Waals surface area contributed by atoms with Gasteiger partial charge in [0.1, 0.15) is 5.82 Å². The van der Waals surface area contributed by atoms with Crippen molar-refractivity contribution in [3.05, 3.63) is 65.7 Å². The van der Waals surface area contributed by atoms with Gasteiger partial charge in [-0.05, 0) is 30.5 Å². The van der Waals surface area contributed by atoms with E-state index >= 15 is 0 Å². The summed E-state index contributed by atoms with van der Waals surface area (Å²) in [5.41, 5.74) is 1.31. The molecule has 6 nitrogen and oxygen atoms in total. The molecule has 1 saturated heterocycles. The molecular formula is C21H21FN4O2. The van der Waals surface area contributed by atoms with Gasteiger partial charge in [0, 0.05) is 30.6 Å². The Hall–Kier alpha value is -3.22. The first-order valence-corrected chi connectivity index (χ1v) is 9.23. The number of amides is 1. The highest BCUT2D eigenvalue weighted by Crippen LogP contribution is 2.24. The second-order valence-corrected chi connectivity index (χ2v) is 6.93. The quantitative estimate of drug-likeness (QED) is 0.737. The minimum Gasteiger partial charge on any atom is -0.494 e. The lowest BCUT2D eigenvalue weighted by Crippen LogP contribution is -2.29. The first kappa shape index (κ1) is 18.2. The van der Waals surface area contributed by atoms with Crippen LogP contribution in [0.1, 0.15) is 22.6 Å². The number of methoxy groups -OCH3 is 1. The van der Waals surface area contributed by atoms with E-state index in [1.165, 1.54) is 19.2 Å². The van der Waals surface area contributed by atoms with E-state index in [1.807, 2.05) is 30.3 Å². The van der Waals surface area contributed by atoms with Crippen molar-refractivity contribution >= 4 is 5.91 Å². The minimum absolute atomic E-state index is 0.135. The Morgan fingerprint density at radius 1 is 1.29 bits per heavy atom. The number of benzene rings is 2. The highest BCUT2D eigenvalue weighted by Gasteiger charge is 2.28. The van der Waals surface area contributed by atoms with Crippen LogP contribution in [0.5, 0.6) is 5.75 Å². The lowest BCUT2D eigenvalue weighted by Gasteiger charge is -2.16. The monoisotopic (exact) mass is 380 g/mol. The van der Waals surface area contributed by atoms with E-state index < -0.39 is 5.82 Å². The molecule has 1 aliphatic heterocycles. The summed E-state index contributed by atoms with van der Waals surface area (Å²) in [5, 5.41) is 7.29. The zero-order chi connectivity index (χ0) is 19.5. The SMILES string of the molecule is COc1ccc(C(=O)N2CCC(Cc3nc(-c4ccccc4)n[nH]3)C2)cc1F. The maximum atomic E-state index is 13.9. The molecule has 4 rings (SSSR count). The van der Waals surface area contributed by atoms with Gasteiger partial charge in [-0.15, -0.1) is 0 Å². The summed E-state index contributed by atoms with van der Waals surface area (Å²) in [5.74, 6) is 1.23. The van der Waals surface area contributed by atoms with Gasteiger partial charge in [0.25, 0.3) is 5.91 Å². The fourth-order valence-electron chi connectivity index (χ4n) is 3.54. The molecule has 2 heterocycles. The minimum atomic E-state index is -0.529. The van der Waals surface area contributed by atoms with Crippen LogP contribution >= 0.6 is 0 Å². The van der Waals surface area contributed by atoms with Crippen LogP contribution in [-0.2, 0) is 6.42 Å². The van der Waals surface area contributed by atoms with Crippen molar-refractivity contribution in [3.63, 3.8) is 0 Å². The standard InChI is InChI=1S/C21H21FN4O2/c1-28-18-8-7-16(12-17(18)22)21(27)26-10-9-14(13-26)11-19-23-20(25-24-19)15-5-3-2-4-6-15/h2-8,12,14H,9-11,13H2,1H3,(H,23,24,25). The second-order valence-electron chi connectivity index (χ2n) is 6.93. The summed E-state index contributed by atoms with van der Waals surface area (Å²) in [6, 6.07) is 14.1. The molecule has 144 valence electrons. The van der Waals surface area contributed by atoms with Crippen molar-refractivity contribution in [2.75, 3.05) is 20.2 Å². The van der Waals surface area contributed by atoms with E-state index in [4.69, 9.17) is 4.74 Å². The van der Waals surface area contributed by atoms with Gasteiger partial charge in [-0.25, -0.2) is 9.37 Å². The number of aromatic amines is 1. The molecule has 0 aliphatic carbocycles. The van der Waals surface area contributed by atoms with Crippen molar-refractivity contribution in [2.24, 2.45) is 5.92 Å². The van der Waals surface area contributed by atoms with Crippen molar-refractivity contribution in [3.8, 4) is 17.1 Å². The van der Waals surface area contributed by atoms with Gasteiger partial charge < -0.3 is 9.64 Å². The van der Waals surface area contributed by atoms with Gasteiger partial charge in [0.2, 0.25) is 0 Å². The Morgan fingerprint density at radius 2 is 2.11 bits per heavy atom. The summed E-state index contributed by atoms with van der Waals surface area (Å²) in [6.45, 7) is 1.27. The van der Waals surface area contributed by atoms with Gasteiger partial charge in [0.15, 0.2) is 17.4 Å². The molecule has 1 aromatic heterocycles. The third kappa shape index (κ3) is 3.74. The van der Waals surface area contributed by atoms with Gasteiger partial charge in [-0.1, -0.05) is 30.3 Å². The molecule has 2 aromatic carbocycles. The second kappa shape index (κ2) is 7.80. The Morgan fingerprint density at radius 3 is 2.86 bits per heavy atom. The third-order valence-electron chi connectivity index (χ3n) is 5.02. The van der Waals surface area contributed by atoms with E-state index in [9.17, 15) is 9.18 Å². The Kier molecular flexibility index (Phi) is 5.06. The smallest absolute Gasteiger partial charge is 0.253 e. The number of ether oxygens (including phenoxy) is 1. The number of rotatable bonds is 5. The zero-order valence-electron chi connectivity index (χ0n) is 15.6. The van der Waals surface area contributed by atoms with Crippen LogP contribution in [0.3, 0.4) is 0 Å². The number of aromatic nitrogens is 3. The van der Waals surface area contributed by atoms with Crippen LogP contribution in [0.4, 0.5) is 4.39 Å². The van der Waals surface area contributed by atoms with E-state index in [0.717, 1.165) is 24.2 Å². The molecule has 1 aliphatic rings. The summed E-state index contributed by atoms with van der Waals surface area (Å²) >= 11 is 0. The van der Waals surface area contributed by atoms with Crippen LogP contribution in [0.2, 0.25) is 0 Å². The van der Waals surface area contributed by atoms with Crippen molar-refractivity contribution in [2.45, 2.75) is 12.8 Å². The molecule has 0 bridgehead atoms. The average molecular weight is 380 g/mol. The molecule has 7 heteroatoms. The molecule has 0 radical (unpaired) electrons. The molecule has 1 amide bonds. The predicted molar refractivity (Wildman–Crippen MR) is 102 cm³/mol. The molecular weight excluding hydrogens is 359 g/mol. The first-order valence-electron chi connectivity index (χ1n) is 9.23. The van der Waals surface area contributed by atoms with Gasteiger partial charge >= 0.3 is 0 Å². The highest BCUT2D eigenvalue weighted by molar-refractivity contribution is 5.94. The number of carbonyl (C=O) groups is 1. The maximum Gasteiger partial charge on any atom is 0.253 e. The number of nitrogens with one attached hydrogen (secondary N) is 1. The van der Waals surface area contributed by atoms with Crippen molar-refractivity contribution < 1.29 is 13.9 Å². The fraction of sp³-hybridized carbons (Fsp3) is 0.286. The largest absolute Gasteiger partial charge is 0.494 e. The van der Waals surface area contributed by atoms with Gasteiger partial charge in [-0.3, -0.25) is 9.89 Å². The number of hydrogen-bond acceptors (Lipinski definition) is 4. The highest BCUT2D eigenvalue weighted by atomic mass is 19.1. The van der Waals surface area contributed by atoms with Gasteiger partial charge in [0.05, 0.1) is 7.11 Å². The lowest BCUT2D eigenvalue weighted by atomic mass is 10.0. The van der Waals surface area contributed by atoms with Crippen LogP contribution in [0, 0.1) is 11.7 Å². The topological polar surface area (TPSA) is 71.1 Å². The average Bonchev–Trinajstić information content (AvgIpc) is 3.38. The van der Waals surface area contributed by atoms with E-state index in [-0.39, 0.29) is 11.7 Å². The first-order chi connectivity index (χ1) is 13.6. The Balaban J connectivity index is 1.38. The molecule has 1 unspecified atom stereocenters. The van der Waals surface area contributed by atoms with Crippen molar-refractivity contribution in [1.29, 1.82) is 0 Å². The normalized spacial score (nSPS) is 16.4. The molecule has 28 heavy (non-hydrogen) atoms. The molecule has 1 N–H and O–H groups in total.